The highest BCUT2D eigenvalue weighted by atomic mass is 16.6. The monoisotopic (exact) mass is 267 g/mol. The van der Waals surface area contributed by atoms with E-state index in [0.29, 0.717) is 0 Å². The zero-order valence-electron chi connectivity index (χ0n) is 11.3. The van der Waals surface area contributed by atoms with Crippen LogP contribution < -0.4 is 10.1 Å². The molecule has 0 aromatic heterocycles. The molecule has 0 atom stereocenters. The fraction of sp³-hybridized carbons (Fsp3) is 0.385. The number of hydrogen-bond donors (Lipinski definition) is 2. The minimum absolute atomic E-state index is 0.0867. The van der Waals surface area contributed by atoms with E-state index in [1.165, 1.54) is 25.3 Å². The van der Waals surface area contributed by atoms with Crippen LogP contribution in [0.5, 0.6) is 11.5 Å². The van der Waals surface area contributed by atoms with Gasteiger partial charge in [-0.15, -0.1) is 0 Å². The molecule has 0 heterocycles. The number of carbonyl (C=O) groups excluding carboxylic acids is 2. The molecule has 19 heavy (non-hydrogen) atoms. The van der Waals surface area contributed by atoms with Crippen molar-refractivity contribution in [3.8, 4) is 11.5 Å². The van der Waals surface area contributed by atoms with E-state index in [4.69, 9.17) is 9.47 Å². The summed E-state index contributed by atoms with van der Waals surface area (Å²) in [6.45, 7) is 5.09. The minimum Gasteiger partial charge on any atom is -0.504 e. The zero-order chi connectivity index (χ0) is 14.6. The van der Waals surface area contributed by atoms with Crippen LogP contribution in [0.2, 0.25) is 0 Å². The number of benzene rings is 1. The Morgan fingerprint density at radius 3 is 2.42 bits per heavy atom. The zero-order valence-corrected chi connectivity index (χ0v) is 11.3. The van der Waals surface area contributed by atoms with Gasteiger partial charge < -0.3 is 14.6 Å². The van der Waals surface area contributed by atoms with Crippen LogP contribution in [0, 0.1) is 0 Å². The van der Waals surface area contributed by atoms with Gasteiger partial charge in [0.05, 0.1) is 7.11 Å². The predicted molar refractivity (Wildman–Crippen MR) is 68.4 cm³/mol. The molecular formula is C13H17NO5. The highest BCUT2D eigenvalue weighted by molar-refractivity contribution is 6.03. The van der Waals surface area contributed by atoms with Gasteiger partial charge in [0, 0.05) is 5.56 Å². The number of alkyl carbamates (subject to hydrolysis) is 1. The van der Waals surface area contributed by atoms with Crippen molar-refractivity contribution in [2.75, 3.05) is 7.11 Å². The van der Waals surface area contributed by atoms with Gasteiger partial charge in [0.25, 0.3) is 5.91 Å². The lowest BCUT2D eigenvalue weighted by atomic mass is 10.2. The largest absolute Gasteiger partial charge is 0.504 e. The summed E-state index contributed by atoms with van der Waals surface area (Å²) in [5.74, 6) is -0.569. The number of rotatable bonds is 2. The summed E-state index contributed by atoms with van der Waals surface area (Å²) in [7, 11) is 1.37. The molecular weight excluding hydrogens is 250 g/mol. The molecule has 1 aromatic rings. The van der Waals surface area contributed by atoms with Gasteiger partial charge in [-0.25, -0.2) is 4.79 Å². The van der Waals surface area contributed by atoms with Gasteiger partial charge >= 0.3 is 6.09 Å². The van der Waals surface area contributed by atoms with Crippen molar-refractivity contribution in [1.29, 1.82) is 0 Å². The van der Waals surface area contributed by atoms with E-state index in [1.54, 1.807) is 20.8 Å². The summed E-state index contributed by atoms with van der Waals surface area (Å²) in [6, 6.07) is 4.01. The van der Waals surface area contributed by atoms with Crippen LogP contribution in [0.1, 0.15) is 31.1 Å². The molecule has 0 aliphatic rings. The van der Waals surface area contributed by atoms with Crippen LogP contribution in [0.3, 0.4) is 0 Å². The van der Waals surface area contributed by atoms with Crippen LogP contribution in [0.25, 0.3) is 0 Å². The van der Waals surface area contributed by atoms with Crippen LogP contribution in [0.4, 0.5) is 4.79 Å². The highest BCUT2D eigenvalue weighted by Crippen LogP contribution is 2.26. The molecule has 6 nitrogen and oxygen atoms in total. The molecule has 2 N–H and O–H groups in total. The first-order valence-corrected chi connectivity index (χ1v) is 5.64. The number of methoxy groups -OCH3 is 1. The number of amides is 2. The number of hydrogen-bond acceptors (Lipinski definition) is 5. The van der Waals surface area contributed by atoms with Gasteiger partial charge in [0.15, 0.2) is 11.5 Å². The summed E-state index contributed by atoms with van der Waals surface area (Å²) in [4.78, 5) is 23.2. The molecule has 0 aliphatic carbocycles. The second-order valence-corrected chi connectivity index (χ2v) is 4.84. The fourth-order valence-corrected chi connectivity index (χ4v) is 1.29. The number of carbonyl (C=O) groups is 2. The molecule has 0 saturated carbocycles. The van der Waals surface area contributed by atoms with Crippen LogP contribution in [0.15, 0.2) is 18.2 Å². The molecule has 2 amide bonds. The summed E-state index contributed by atoms with van der Waals surface area (Å²) in [5.41, 5.74) is -0.502. The highest BCUT2D eigenvalue weighted by Gasteiger charge is 2.19. The number of phenols is 1. The van der Waals surface area contributed by atoms with Gasteiger partial charge in [-0.3, -0.25) is 10.1 Å². The topological polar surface area (TPSA) is 84.9 Å². The van der Waals surface area contributed by atoms with E-state index in [1.807, 2.05) is 0 Å². The SMILES string of the molecule is COc1cc(C(=O)NC(=O)OC(C)(C)C)ccc1O. The first-order chi connectivity index (χ1) is 8.73. The van der Waals surface area contributed by atoms with Crippen LogP contribution in [-0.2, 0) is 4.74 Å². The lowest BCUT2D eigenvalue weighted by Crippen LogP contribution is -2.36. The molecule has 6 heteroatoms. The molecule has 104 valence electrons. The van der Waals surface area contributed by atoms with Gasteiger partial charge in [-0.2, -0.15) is 0 Å². The lowest BCUT2D eigenvalue weighted by Gasteiger charge is -2.19. The number of nitrogens with one attached hydrogen (secondary N) is 1. The Morgan fingerprint density at radius 1 is 1.26 bits per heavy atom. The molecule has 0 bridgehead atoms. The van der Waals surface area contributed by atoms with Crippen molar-refractivity contribution in [3.63, 3.8) is 0 Å². The number of ether oxygens (including phenoxy) is 2. The Bertz CT molecular complexity index is 490. The number of imide groups is 1. The Labute approximate surface area is 111 Å². The summed E-state index contributed by atoms with van der Waals surface area (Å²) < 4.78 is 9.83. The van der Waals surface area contributed by atoms with Crippen LogP contribution in [-0.4, -0.2) is 29.8 Å². The molecule has 1 aromatic carbocycles. The third-order valence-corrected chi connectivity index (χ3v) is 2.06. The first-order valence-electron chi connectivity index (χ1n) is 5.64. The molecule has 0 aliphatic heterocycles. The number of phenolic OH excluding ortho intramolecular Hbond substituents is 1. The third-order valence-electron chi connectivity index (χ3n) is 2.06. The second-order valence-electron chi connectivity index (χ2n) is 4.84. The molecule has 0 fully saturated rings. The van der Waals surface area contributed by atoms with Gasteiger partial charge in [-0.1, -0.05) is 0 Å². The normalized spacial score (nSPS) is 10.7. The van der Waals surface area contributed by atoms with Crippen molar-refractivity contribution in [3.05, 3.63) is 23.8 Å². The van der Waals surface area contributed by atoms with Crippen molar-refractivity contribution in [2.45, 2.75) is 26.4 Å². The Balaban J connectivity index is 2.76. The summed E-state index contributed by atoms with van der Waals surface area (Å²) in [5, 5.41) is 11.5. The maximum Gasteiger partial charge on any atom is 0.414 e. The Hall–Kier alpha value is -2.24. The maximum absolute atomic E-state index is 11.8. The summed E-state index contributed by atoms with van der Waals surface area (Å²) in [6.07, 6.45) is -0.829. The van der Waals surface area contributed by atoms with Crippen molar-refractivity contribution < 1.29 is 24.2 Å². The Morgan fingerprint density at radius 2 is 1.89 bits per heavy atom. The minimum atomic E-state index is -0.829. The van der Waals surface area contributed by atoms with E-state index in [-0.39, 0.29) is 17.1 Å². The average molecular weight is 267 g/mol. The Kier molecular flexibility index (Phi) is 4.37. The van der Waals surface area contributed by atoms with Crippen molar-refractivity contribution in [1.82, 2.24) is 5.32 Å². The van der Waals surface area contributed by atoms with Crippen molar-refractivity contribution >= 4 is 12.0 Å². The standard InChI is InChI=1S/C13H17NO5/c1-13(2,3)19-12(17)14-11(16)8-5-6-9(15)10(7-8)18-4/h5-7,15H,1-4H3,(H,14,16,17). The molecule has 0 unspecified atom stereocenters. The fourth-order valence-electron chi connectivity index (χ4n) is 1.29. The third kappa shape index (κ3) is 4.50. The van der Waals surface area contributed by atoms with Gasteiger partial charge in [0.1, 0.15) is 5.60 Å². The molecule has 0 spiro atoms. The van der Waals surface area contributed by atoms with E-state index in [2.05, 4.69) is 5.32 Å². The summed E-state index contributed by atoms with van der Waals surface area (Å²) >= 11 is 0. The van der Waals surface area contributed by atoms with E-state index in [9.17, 15) is 14.7 Å². The van der Waals surface area contributed by atoms with Gasteiger partial charge in [-0.05, 0) is 39.0 Å². The maximum atomic E-state index is 11.8. The predicted octanol–water partition coefficient (Wildman–Crippen LogP) is 2.07. The van der Waals surface area contributed by atoms with Crippen molar-refractivity contribution in [2.24, 2.45) is 0 Å². The van der Waals surface area contributed by atoms with Crippen LogP contribution >= 0.6 is 0 Å². The molecule has 0 radical (unpaired) electrons. The number of aromatic hydroxyl groups is 1. The molecule has 1 rings (SSSR count). The smallest absolute Gasteiger partial charge is 0.414 e. The molecule has 0 saturated heterocycles. The quantitative estimate of drug-likeness (QED) is 0.856. The lowest BCUT2D eigenvalue weighted by molar-refractivity contribution is 0.0508. The first kappa shape index (κ1) is 14.8. The van der Waals surface area contributed by atoms with Gasteiger partial charge in [0.2, 0.25) is 0 Å². The van der Waals surface area contributed by atoms with E-state index >= 15 is 0 Å². The van der Waals surface area contributed by atoms with E-state index < -0.39 is 17.6 Å². The average Bonchev–Trinajstić information content (AvgIpc) is 2.26. The van der Waals surface area contributed by atoms with E-state index in [0.717, 1.165) is 0 Å². The second kappa shape index (κ2) is 5.60.